The van der Waals surface area contributed by atoms with Crippen LogP contribution in [0.2, 0.25) is 5.02 Å². The summed E-state index contributed by atoms with van der Waals surface area (Å²) >= 11 is 6.04. The summed E-state index contributed by atoms with van der Waals surface area (Å²) in [5.41, 5.74) is 1.91. The molecule has 3 N–H and O–H groups in total. The first-order valence-electron chi connectivity index (χ1n) is 15.1. The molecule has 2 unspecified atom stereocenters. The van der Waals surface area contributed by atoms with Gasteiger partial charge in [0.05, 0.1) is 19.8 Å². The fourth-order valence-corrected chi connectivity index (χ4v) is 5.76. The van der Waals surface area contributed by atoms with Gasteiger partial charge < -0.3 is 24.8 Å². The number of likely N-dealkylation sites (N-methyl/N-ethyl adjacent to an activating group) is 1. The second-order valence-corrected chi connectivity index (χ2v) is 11.9. The van der Waals surface area contributed by atoms with Gasteiger partial charge in [0, 0.05) is 25.0 Å². The van der Waals surface area contributed by atoms with Crippen LogP contribution in [0.15, 0.2) is 54.6 Å². The van der Waals surface area contributed by atoms with Crippen molar-refractivity contribution in [3.63, 3.8) is 0 Å². The summed E-state index contributed by atoms with van der Waals surface area (Å²) in [6, 6.07) is 15.2. The molecule has 3 rings (SSSR count). The summed E-state index contributed by atoms with van der Waals surface area (Å²) in [6.07, 6.45) is 4.55. The number of hydrogen-bond donors (Lipinski definition) is 3. The predicted octanol–water partition coefficient (Wildman–Crippen LogP) is 4.76. The highest BCUT2D eigenvalue weighted by atomic mass is 35.5. The number of benzene rings is 2. The molecule has 43 heavy (non-hydrogen) atoms. The van der Waals surface area contributed by atoms with E-state index in [0.717, 1.165) is 36.8 Å². The standard InChI is InChI=1S/C33H46ClN3O6/c1-23(26-14-8-5-9-15-26)21-37(2)30(38)18-17-28(32(40)42-3)35-31(39)29(20-24-11-6-4-7-12-24)36-33(41)43-22-25-13-10-16-27(34)19-25/h5,8-10,13-16,19,23-24,28-29,33,36,41H,4,6-7,11-12,17-18,20-22H2,1-3H3,(H,35,39)/t23?,28-,29-,33?/m0/s1. The van der Waals surface area contributed by atoms with Crippen LogP contribution in [0.5, 0.6) is 0 Å². The van der Waals surface area contributed by atoms with Crippen molar-refractivity contribution in [2.75, 3.05) is 20.7 Å². The first kappa shape index (κ1) is 34.5. The number of nitrogens with zero attached hydrogens (tertiary/aromatic N) is 1. The molecular weight excluding hydrogens is 570 g/mol. The van der Waals surface area contributed by atoms with Gasteiger partial charge in [0.15, 0.2) is 0 Å². The summed E-state index contributed by atoms with van der Waals surface area (Å²) in [5, 5.41) is 16.8. The quantitative estimate of drug-likeness (QED) is 0.184. The predicted molar refractivity (Wildman–Crippen MR) is 166 cm³/mol. The van der Waals surface area contributed by atoms with E-state index in [1.807, 2.05) is 36.4 Å². The van der Waals surface area contributed by atoms with Gasteiger partial charge >= 0.3 is 5.97 Å². The van der Waals surface area contributed by atoms with Gasteiger partial charge in [-0.15, -0.1) is 0 Å². The number of esters is 1. The molecule has 0 aliphatic heterocycles. The second-order valence-electron chi connectivity index (χ2n) is 11.5. The molecule has 236 valence electrons. The lowest BCUT2D eigenvalue weighted by molar-refractivity contribution is -0.150. The number of aliphatic hydroxyl groups excluding tert-OH is 1. The Bertz CT molecular complexity index is 1160. The molecule has 0 spiro atoms. The van der Waals surface area contributed by atoms with Crippen molar-refractivity contribution in [1.29, 1.82) is 0 Å². The molecule has 0 saturated heterocycles. The van der Waals surface area contributed by atoms with Crippen LogP contribution in [0.1, 0.15) is 75.3 Å². The Morgan fingerprint density at radius 2 is 1.77 bits per heavy atom. The highest BCUT2D eigenvalue weighted by Crippen LogP contribution is 2.27. The summed E-state index contributed by atoms with van der Waals surface area (Å²) in [5.74, 6) is -0.769. The van der Waals surface area contributed by atoms with Gasteiger partial charge in [-0.3, -0.25) is 14.9 Å². The Morgan fingerprint density at radius 1 is 1.05 bits per heavy atom. The highest BCUT2D eigenvalue weighted by molar-refractivity contribution is 6.30. The molecular formula is C33H46ClN3O6. The normalized spacial score (nSPS) is 16.5. The van der Waals surface area contributed by atoms with Crippen molar-refractivity contribution < 1.29 is 29.0 Å². The van der Waals surface area contributed by atoms with E-state index in [1.165, 1.54) is 13.5 Å². The smallest absolute Gasteiger partial charge is 0.328 e. The van der Waals surface area contributed by atoms with E-state index in [2.05, 4.69) is 17.6 Å². The number of methoxy groups -OCH3 is 1. The van der Waals surface area contributed by atoms with Crippen LogP contribution in [0.25, 0.3) is 0 Å². The molecule has 1 aliphatic carbocycles. The second kappa shape index (κ2) is 18.0. The van der Waals surface area contributed by atoms with Crippen LogP contribution in [-0.2, 0) is 30.5 Å². The Kier molecular flexibility index (Phi) is 14.4. The monoisotopic (exact) mass is 615 g/mol. The first-order chi connectivity index (χ1) is 20.7. The van der Waals surface area contributed by atoms with E-state index in [0.29, 0.717) is 23.9 Å². The van der Waals surface area contributed by atoms with E-state index in [1.54, 1.807) is 30.1 Å². The van der Waals surface area contributed by atoms with E-state index < -0.39 is 30.4 Å². The van der Waals surface area contributed by atoms with Gasteiger partial charge in [-0.1, -0.05) is 93.1 Å². The molecule has 9 nitrogen and oxygen atoms in total. The first-order valence-corrected chi connectivity index (χ1v) is 15.5. The maximum atomic E-state index is 13.5. The lowest BCUT2D eigenvalue weighted by Gasteiger charge is -2.29. The number of ether oxygens (including phenoxy) is 2. The molecule has 0 heterocycles. The minimum Gasteiger partial charge on any atom is -0.467 e. The number of carbonyl (C=O) groups excluding carboxylic acids is 3. The van der Waals surface area contributed by atoms with Crippen molar-refractivity contribution in [1.82, 2.24) is 15.5 Å². The van der Waals surface area contributed by atoms with Crippen LogP contribution >= 0.6 is 11.6 Å². The largest absolute Gasteiger partial charge is 0.467 e. The number of nitrogens with one attached hydrogen (secondary N) is 2. The number of halogens is 1. The minimum absolute atomic E-state index is 0.0597. The molecule has 1 aliphatic rings. The van der Waals surface area contributed by atoms with Gasteiger partial charge in [0.1, 0.15) is 6.04 Å². The van der Waals surface area contributed by atoms with Crippen LogP contribution in [0.4, 0.5) is 0 Å². The van der Waals surface area contributed by atoms with E-state index in [-0.39, 0.29) is 31.3 Å². The van der Waals surface area contributed by atoms with Gasteiger partial charge in [-0.2, -0.15) is 0 Å². The lowest BCUT2D eigenvalue weighted by Crippen LogP contribution is -2.54. The van der Waals surface area contributed by atoms with Crippen LogP contribution < -0.4 is 10.6 Å². The van der Waals surface area contributed by atoms with E-state index >= 15 is 0 Å². The third kappa shape index (κ3) is 11.9. The summed E-state index contributed by atoms with van der Waals surface area (Å²) < 4.78 is 10.5. The Balaban J connectivity index is 1.60. The Hall–Kier alpha value is -2.98. The minimum atomic E-state index is -1.42. The fraction of sp³-hybridized carbons (Fsp3) is 0.545. The van der Waals surface area contributed by atoms with Crippen molar-refractivity contribution >= 4 is 29.4 Å². The fourth-order valence-electron chi connectivity index (χ4n) is 5.55. The Labute approximate surface area is 260 Å². The molecule has 4 atom stereocenters. The van der Waals surface area contributed by atoms with E-state index in [4.69, 9.17) is 21.1 Å². The topological polar surface area (TPSA) is 117 Å². The molecule has 1 fully saturated rings. The molecule has 2 amide bonds. The molecule has 0 aromatic heterocycles. The third-order valence-electron chi connectivity index (χ3n) is 8.04. The molecule has 0 bridgehead atoms. The SMILES string of the molecule is COC(=O)[C@H](CCC(=O)N(C)CC(C)c1ccccc1)NC(=O)[C@H](CC1CCCCC1)NC(O)OCc1cccc(Cl)c1. The lowest BCUT2D eigenvalue weighted by atomic mass is 9.84. The highest BCUT2D eigenvalue weighted by Gasteiger charge is 2.31. The molecule has 2 aromatic carbocycles. The van der Waals surface area contributed by atoms with Crippen LogP contribution in [-0.4, -0.2) is 67.0 Å². The van der Waals surface area contributed by atoms with Crippen molar-refractivity contribution in [3.8, 4) is 0 Å². The van der Waals surface area contributed by atoms with Crippen LogP contribution in [0.3, 0.4) is 0 Å². The zero-order chi connectivity index (χ0) is 31.2. The number of aliphatic hydroxyl groups is 1. The van der Waals surface area contributed by atoms with E-state index in [9.17, 15) is 19.5 Å². The van der Waals surface area contributed by atoms with Crippen molar-refractivity contribution in [2.45, 2.75) is 89.3 Å². The molecule has 1 saturated carbocycles. The van der Waals surface area contributed by atoms with Gasteiger partial charge in [-0.25, -0.2) is 4.79 Å². The zero-order valence-corrected chi connectivity index (χ0v) is 26.2. The summed E-state index contributed by atoms with van der Waals surface area (Å²) in [7, 11) is 2.99. The maximum absolute atomic E-state index is 13.5. The maximum Gasteiger partial charge on any atom is 0.328 e. The number of amides is 2. The summed E-state index contributed by atoms with van der Waals surface area (Å²) in [6.45, 7) is 2.68. The third-order valence-corrected chi connectivity index (χ3v) is 8.28. The summed E-state index contributed by atoms with van der Waals surface area (Å²) in [4.78, 5) is 40.8. The zero-order valence-electron chi connectivity index (χ0n) is 25.5. The molecule has 0 radical (unpaired) electrons. The van der Waals surface area contributed by atoms with Crippen LogP contribution in [0, 0.1) is 5.92 Å². The average molecular weight is 616 g/mol. The van der Waals surface area contributed by atoms with Gasteiger partial charge in [0.2, 0.25) is 18.2 Å². The number of rotatable bonds is 16. The van der Waals surface area contributed by atoms with Crippen molar-refractivity contribution in [2.24, 2.45) is 5.92 Å². The molecule has 2 aromatic rings. The van der Waals surface area contributed by atoms with Gasteiger partial charge in [0.25, 0.3) is 0 Å². The molecule has 10 heteroatoms. The van der Waals surface area contributed by atoms with Crippen molar-refractivity contribution in [3.05, 3.63) is 70.7 Å². The number of hydrogen-bond acceptors (Lipinski definition) is 7. The average Bonchev–Trinajstić information content (AvgIpc) is 3.02. The van der Waals surface area contributed by atoms with Gasteiger partial charge in [-0.05, 0) is 47.9 Å². The number of carbonyl (C=O) groups is 3. The Morgan fingerprint density at radius 3 is 2.44 bits per heavy atom.